The van der Waals surface area contributed by atoms with Crippen LogP contribution in [0.4, 0.5) is 50.2 Å². The largest absolute Gasteiger partial charge is 0.432 e. The van der Waals surface area contributed by atoms with Crippen molar-refractivity contribution in [2.45, 2.75) is 210 Å². The molecule has 0 bridgehead atoms. The Hall–Kier alpha value is -2.33. The van der Waals surface area contributed by atoms with Gasteiger partial charge in [0.05, 0.1) is 5.92 Å². The van der Waals surface area contributed by atoms with E-state index in [9.17, 15) is 50.2 Å². The van der Waals surface area contributed by atoms with Crippen molar-refractivity contribution in [3.8, 4) is 5.75 Å². The second-order valence-corrected chi connectivity index (χ2v) is 24.8. The highest BCUT2D eigenvalue weighted by molar-refractivity contribution is 8.45. The molecule has 16 heteroatoms. The van der Waals surface area contributed by atoms with Crippen molar-refractivity contribution in [1.82, 2.24) is 0 Å². The van der Waals surface area contributed by atoms with Crippen LogP contribution in [0.1, 0.15) is 205 Å². The van der Waals surface area contributed by atoms with Crippen LogP contribution in [-0.4, -0.2) is 32.5 Å². The van der Waals surface area contributed by atoms with Crippen LogP contribution < -0.4 is 4.74 Å². The van der Waals surface area contributed by atoms with Crippen LogP contribution in [0, 0.1) is 76.4 Å². The van der Waals surface area contributed by atoms with E-state index in [-0.39, 0.29) is 36.8 Å². The van der Waals surface area contributed by atoms with Crippen molar-refractivity contribution < 1.29 is 64.4 Å². The molecule has 4 aliphatic carbocycles. The number of halogens is 12. The first kappa shape index (κ1) is 58.9. The van der Waals surface area contributed by atoms with Crippen LogP contribution in [0.5, 0.6) is 5.75 Å². The van der Waals surface area contributed by atoms with Gasteiger partial charge in [-0.15, -0.1) is 0 Å². The highest BCUT2D eigenvalue weighted by Crippen LogP contribution is 3.02. The first-order valence-corrected chi connectivity index (χ1v) is 29.6. The number of benzene rings is 2. The van der Waals surface area contributed by atoms with E-state index in [2.05, 4.69) is 11.7 Å². The van der Waals surface area contributed by atoms with Gasteiger partial charge in [-0.25, -0.2) is 22.0 Å². The summed E-state index contributed by atoms with van der Waals surface area (Å²) in [7, 11) is -10.7. The Bertz CT molecular complexity index is 1890. The molecule has 1 atom stereocenters. The molecule has 0 heterocycles. The summed E-state index contributed by atoms with van der Waals surface area (Å²) in [5.41, 5.74) is 0.597. The minimum atomic E-state index is -10.7. The standard InChI is InChI=1S/C56H82F12O3S/c1-2-39(13-9-5-3-7-11-31-69-37-40-15-19-42(20-16-40)44-23-25-46(26-24-44)47-33-50(57)54(61)51(58)34-47)14-10-6-4-8-12-32-70-38-41-17-21-43(22-18-41)45-27-29-48(30-28-45)56(62,63)71-49-35-52(59)55(53(60)36-49)72(64,65,66,67)68/h33-36,39-46,48H,2-32,37-38H2,1H3. The fourth-order valence-electron chi connectivity index (χ4n) is 12.9. The molecular formula is C56H82F12O3S. The Morgan fingerprint density at radius 3 is 1.31 bits per heavy atom. The van der Waals surface area contributed by atoms with Crippen molar-refractivity contribution in [3.63, 3.8) is 0 Å². The predicted octanol–water partition coefficient (Wildman–Crippen LogP) is 20.1. The third-order valence-electron chi connectivity index (χ3n) is 17.3. The van der Waals surface area contributed by atoms with Gasteiger partial charge in [0.2, 0.25) is 0 Å². The highest BCUT2D eigenvalue weighted by Gasteiger charge is 2.69. The molecule has 0 N–H and O–H groups in total. The molecule has 2 aromatic carbocycles. The summed E-state index contributed by atoms with van der Waals surface area (Å²) >= 11 is 0. The molecule has 3 nitrogen and oxygen atoms in total. The molecule has 0 amide bonds. The van der Waals surface area contributed by atoms with E-state index in [0.717, 1.165) is 102 Å². The molecule has 414 valence electrons. The van der Waals surface area contributed by atoms with Crippen LogP contribution in [0.3, 0.4) is 0 Å². The molecule has 6 rings (SSSR count). The van der Waals surface area contributed by atoms with E-state index in [1.54, 1.807) is 0 Å². The molecule has 0 saturated heterocycles. The minimum absolute atomic E-state index is 0.0608. The zero-order chi connectivity index (χ0) is 52.0. The number of alkyl halides is 2. The summed E-state index contributed by atoms with van der Waals surface area (Å²) in [6, 6.07) is 1.82. The zero-order valence-corrected chi connectivity index (χ0v) is 43.3. The van der Waals surface area contributed by atoms with E-state index in [0.29, 0.717) is 42.1 Å². The van der Waals surface area contributed by atoms with Crippen molar-refractivity contribution >= 4 is 10.2 Å². The quantitative estimate of drug-likeness (QED) is 0.0483. The Morgan fingerprint density at radius 2 is 0.889 bits per heavy atom. The number of unbranched alkanes of at least 4 members (excludes halogenated alkanes) is 8. The summed E-state index contributed by atoms with van der Waals surface area (Å²) < 4.78 is 181. The zero-order valence-electron chi connectivity index (χ0n) is 42.5. The third kappa shape index (κ3) is 18.2. The van der Waals surface area contributed by atoms with Gasteiger partial charge in [0, 0.05) is 38.6 Å². The SMILES string of the molecule is CCC(CCCCCCCOCC1CCC(C2CCC(c3cc(F)c(F)c(F)c3)CC2)CC1)CCCCCCCOCC1CCC(C2CCC(C(F)(F)Oc3cc(F)c(S(F)(F)(F)(F)F)c(F)c3)CC2)CC1. The van der Waals surface area contributed by atoms with Crippen LogP contribution >= 0.6 is 10.2 Å². The van der Waals surface area contributed by atoms with Gasteiger partial charge in [-0.1, -0.05) is 97.0 Å². The maximum Gasteiger partial charge on any atom is 0.400 e. The summed E-state index contributed by atoms with van der Waals surface area (Å²) in [6.45, 7) is 5.52. The maximum absolute atomic E-state index is 15.0. The Kier molecular flexibility index (Phi) is 21.4. The molecule has 4 fully saturated rings. The molecule has 1 unspecified atom stereocenters. The first-order chi connectivity index (χ1) is 34.1. The highest BCUT2D eigenvalue weighted by atomic mass is 32.5. The molecule has 4 aliphatic rings. The first-order valence-electron chi connectivity index (χ1n) is 27.7. The molecule has 0 aromatic heterocycles. The summed E-state index contributed by atoms with van der Waals surface area (Å²) in [4.78, 5) is -3.37. The van der Waals surface area contributed by atoms with E-state index in [1.165, 1.54) is 108 Å². The third-order valence-corrected chi connectivity index (χ3v) is 18.5. The van der Waals surface area contributed by atoms with Gasteiger partial charge in [-0.05, 0) is 181 Å². The van der Waals surface area contributed by atoms with Gasteiger partial charge in [0.15, 0.2) is 34.0 Å². The summed E-state index contributed by atoms with van der Waals surface area (Å²) in [5.74, 6) is -7.48. The lowest BCUT2D eigenvalue weighted by molar-refractivity contribution is -0.224. The van der Waals surface area contributed by atoms with Gasteiger partial charge >= 0.3 is 16.3 Å². The summed E-state index contributed by atoms with van der Waals surface area (Å²) in [5, 5.41) is 0. The van der Waals surface area contributed by atoms with E-state index >= 15 is 0 Å². The van der Waals surface area contributed by atoms with Gasteiger partial charge in [-0.3, -0.25) is 0 Å². The van der Waals surface area contributed by atoms with Crippen LogP contribution in [0.15, 0.2) is 29.2 Å². The second-order valence-electron chi connectivity index (χ2n) is 22.5. The smallest absolute Gasteiger partial charge is 0.400 e. The van der Waals surface area contributed by atoms with Crippen LogP contribution in [-0.2, 0) is 9.47 Å². The lowest BCUT2D eigenvalue weighted by Gasteiger charge is -2.40. The molecule has 2 aromatic rings. The minimum Gasteiger partial charge on any atom is -0.432 e. The number of hydrogen-bond donors (Lipinski definition) is 0. The molecule has 4 saturated carbocycles. The van der Waals surface area contributed by atoms with E-state index in [1.807, 2.05) is 0 Å². The van der Waals surface area contributed by atoms with Crippen molar-refractivity contribution in [1.29, 1.82) is 0 Å². The lowest BCUT2D eigenvalue weighted by Crippen LogP contribution is -2.38. The average molecular weight is 1060 g/mol. The van der Waals surface area contributed by atoms with E-state index < -0.39 is 62.0 Å². The molecular weight excluding hydrogens is 981 g/mol. The molecule has 0 radical (unpaired) electrons. The monoisotopic (exact) mass is 1060 g/mol. The second kappa shape index (κ2) is 26.1. The van der Waals surface area contributed by atoms with Crippen molar-refractivity contribution in [3.05, 3.63) is 58.9 Å². The Balaban J connectivity index is 0.698. The molecule has 0 spiro atoms. The topological polar surface area (TPSA) is 27.7 Å². The van der Waals surface area contributed by atoms with Gasteiger partial charge in [-0.2, -0.15) is 8.78 Å². The Labute approximate surface area is 421 Å². The average Bonchev–Trinajstić information content (AvgIpc) is 3.33. The fraction of sp³-hybridized carbons (Fsp3) is 0.786. The fourth-order valence-corrected chi connectivity index (χ4v) is 13.8. The molecule has 0 aliphatic heterocycles. The van der Waals surface area contributed by atoms with Crippen molar-refractivity contribution in [2.24, 2.45) is 47.3 Å². The van der Waals surface area contributed by atoms with Crippen LogP contribution in [0.25, 0.3) is 0 Å². The van der Waals surface area contributed by atoms with Crippen LogP contribution in [0.2, 0.25) is 0 Å². The number of ether oxygens (including phenoxy) is 3. The van der Waals surface area contributed by atoms with Gasteiger partial charge in [0.25, 0.3) is 0 Å². The van der Waals surface area contributed by atoms with Gasteiger partial charge in [0.1, 0.15) is 5.75 Å². The Morgan fingerprint density at radius 1 is 0.500 bits per heavy atom. The number of rotatable bonds is 28. The maximum atomic E-state index is 15.0. The van der Waals surface area contributed by atoms with Crippen molar-refractivity contribution in [2.75, 3.05) is 26.4 Å². The number of hydrogen-bond acceptors (Lipinski definition) is 3. The summed E-state index contributed by atoms with van der Waals surface area (Å²) in [6.07, 6.45) is 26.1. The molecule has 72 heavy (non-hydrogen) atoms. The van der Waals surface area contributed by atoms with Gasteiger partial charge < -0.3 is 14.2 Å². The predicted molar refractivity (Wildman–Crippen MR) is 262 cm³/mol. The normalized spacial score (nSPS) is 27.0. The lowest BCUT2D eigenvalue weighted by atomic mass is 9.68. The van der Waals surface area contributed by atoms with E-state index in [4.69, 9.17) is 9.47 Å².